The predicted molar refractivity (Wildman–Crippen MR) is 106 cm³/mol. The lowest BCUT2D eigenvalue weighted by Gasteiger charge is -2.01. The van der Waals surface area contributed by atoms with Gasteiger partial charge in [0, 0.05) is 16.9 Å². The van der Waals surface area contributed by atoms with E-state index in [1.807, 2.05) is 54.9 Å². The van der Waals surface area contributed by atoms with Gasteiger partial charge in [0.1, 0.15) is 0 Å². The SMILES string of the molecule is CCOc1cccc2cc(C(=O)N=c3sc4cc(Br)ccc4n3C)oc12. The second kappa shape index (κ2) is 6.74. The molecule has 0 saturated carbocycles. The highest BCUT2D eigenvalue weighted by Gasteiger charge is 2.15. The largest absolute Gasteiger partial charge is 0.490 e. The highest BCUT2D eigenvalue weighted by Crippen LogP contribution is 2.29. The highest BCUT2D eigenvalue weighted by atomic mass is 79.9. The fourth-order valence-corrected chi connectivity index (χ4v) is 4.34. The van der Waals surface area contributed by atoms with Crippen LogP contribution in [0.1, 0.15) is 17.5 Å². The van der Waals surface area contributed by atoms with E-state index in [1.54, 1.807) is 6.07 Å². The number of hydrogen-bond donors (Lipinski definition) is 0. The van der Waals surface area contributed by atoms with Crippen LogP contribution in [0.4, 0.5) is 0 Å². The van der Waals surface area contributed by atoms with Crippen LogP contribution in [0.3, 0.4) is 0 Å². The van der Waals surface area contributed by atoms with Crippen molar-refractivity contribution in [3.8, 4) is 5.75 Å². The second-order valence-electron chi connectivity index (χ2n) is 5.69. The van der Waals surface area contributed by atoms with Gasteiger partial charge in [0.05, 0.1) is 16.8 Å². The van der Waals surface area contributed by atoms with Gasteiger partial charge >= 0.3 is 5.91 Å². The maximum absolute atomic E-state index is 12.6. The molecule has 4 rings (SSSR count). The number of furan rings is 1. The van der Waals surface area contributed by atoms with Crippen molar-refractivity contribution in [1.29, 1.82) is 0 Å². The number of aryl methyl sites for hydroxylation is 1. The van der Waals surface area contributed by atoms with Gasteiger partial charge in [-0.25, -0.2) is 0 Å². The van der Waals surface area contributed by atoms with E-state index in [2.05, 4.69) is 20.9 Å². The van der Waals surface area contributed by atoms with Gasteiger partial charge < -0.3 is 13.7 Å². The first-order valence-corrected chi connectivity index (χ1v) is 9.67. The summed E-state index contributed by atoms with van der Waals surface area (Å²) in [6.07, 6.45) is 0. The number of ether oxygens (including phenoxy) is 1. The molecule has 0 aliphatic heterocycles. The van der Waals surface area contributed by atoms with Gasteiger partial charge in [-0.1, -0.05) is 39.4 Å². The third-order valence-corrected chi connectivity index (χ3v) is 5.58. The predicted octanol–water partition coefficient (Wildman–Crippen LogP) is 4.89. The molecular weight excluding hydrogens is 416 g/mol. The minimum atomic E-state index is -0.412. The van der Waals surface area contributed by atoms with Crippen LogP contribution >= 0.6 is 27.3 Å². The average Bonchev–Trinajstić information content (AvgIpc) is 3.18. The van der Waals surface area contributed by atoms with Crippen LogP contribution in [0.5, 0.6) is 5.75 Å². The Hall–Kier alpha value is -2.38. The molecule has 2 aromatic heterocycles. The molecule has 0 saturated heterocycles. The molecule has 0 aliphatic rings. The average molecular weight is 431 g/mol. The molecule has 0 radical (unpaired) electrons. The number of amides is 1. The number of fused-ring (bicyclic) bond motifs is 2. The van der Waals surface area contributed by atoms with E-state index >= 15 is 0 Å². The molecule has 0 atom stereocenters. The normalized spacial score (nSPS) is 12.2. The van der Waals surface area contributed by atoms with Gasteiger partial charge in [-0.05, 0) is 37.3 Å². The Balaban J connectivity index is 1.79. The summed E-state index contributed by atoms with van der Waals surface area (Å²) in [6, 6.07) is 13.3. The molecule has 0 N–H and O–H groups in total. The van der Waals surface area contributed by atoms with Crippen molar-refractivity contribution in [1.82, 2.24) is 4.57 Å². The molecule has 0 fully saturated rings. The molecule has 26 heavy (non-hydrogen) atoms. The molecule has 2 heterocycles. The quantitative estimate of drug-likeness (QED) is 0.464. The van der Waals surface area contributed by atoms with E-state index in [4.69, 9.17) is 9.15 Å². The van der Waals surface area contributed by atoms with Crippen molar-refractivity contribution in [2.24, 2.45) is 12.0 Å². The number of benzene rings is 2. The van der Waals surface area contributed by atoms with Crippen molar-refractivity contribution in [2.45, 2.75) is 6.92 Å². The van der Waals surface area contributed by atoms with Crippen LogP contribution in [-0.2, 0) is 7.05 Å². The molecule has 5 nitrogen and oxygen atoms in total. The number of aromatic nitrogens is 1. The second-order valence-corrected chi connectivity index (χ2v) is 7.62. The van der Waals surface area contributed by atoms with Crippen LogP contribution < -0.4 is 9.54 Å². The molecular formula is C19H15BrN2O3S. The lowest BCUT2D eigenvalue weighted by atomic mass is 10.2. The van der Waals surface area contributed by atoms with Gasteiger partial charge in [-0.3, -0.25) is 4.79 Å². The van der Waals surface area contributed by atoms with Crippen molar-refractivity contribution in [2.75, 3.05) is 6.61 Å². The Labute approximate surface area is 161 Å². The molecule has 7 heteroatoms. The number of thiazole rings is 1. The molecule has 0 unspecified atom stereocenters. The number of rotatable bonds is 3. The number of hydrogen-bond acceptors (Lipinski definition) is 4. The monoisotopic (exact) mass is 430 g/mol. The number of carbonyl (C=O) groups is 1. The summed E-state index contributed by atoms with van der Waals surface area (Å²) in [5.74, 6) is 0.414. The zero-order valence-corrected chi connectivity index (χ0v) is 16.6. The Morgan fingerprint density at radius 2 is 2.15 bits per heavy atom. The molecule has 2 aromatic carbocycles. The Kier molecular flexibility index (Phi) is 4.42. The molecule has 132 valence electrons. The van der Waals surface area contributed by atoms with Crippen molar-refractivity contribution in [3.05, 3.63) is 57.5 Å². The van der Waals surface area contributed by atoms with Crippen LogP contribution in [-0.4, -0.2) is 17.1 Å². The van der Waals surface area contributed by atoms with Gasteiger partial charge in [0.2, 0.25) is 0 Å². The number of halogens is 1. The fraction of sp³-hybridized carbons (Fsp3) is 0.158. The minimum Gasteiger partial charge on any atom is -0.490 e. The van der Waals surface area contributed by atoms with Gasteiger partial charge in [0.15, 0.2) is 21.9 Å². The Bertz CT molecular complexity index is 1200. The number of nitrogens with zero attached hydrogens (tertiary/aromatic N) is 2. The molecule has 0 spiro atoms. The van der Waals surface area contributed by atoms with E-state index in [-0.39, 0.29) is 5.76 Å². The van der Waals surface area contributed by atoms with E-state index < -0.39 is 5.91 Å². The van der Waals surface area contributed by atoms with Gasteiger partial charge in [0.25, 0.3) is 0 Å². The zero-order chi connectivity index (χ0) is 18.3. The summed E-state index contributed by atoms with van der Waals surface area (Å²) in [5.41, 5.74) is 1.59. The summed E-state index contributed by atoms with van der Waals surface area (Å²) in [7, 11) is 1.89. The maximum Gasteiger partial charge on any atom is 0.315 e. The van der Waals surface area contributed by atoms with Gasteiger partial charge in [-0.2, -0.15) is 4.99 Å². The Morgan fingerprint density at radius 1 is 1.31 bits per heavy atom. The topological polar surface area (TPSA) is 56.7 Å². The summed E-state index contributed by atoms with van der Waals surface area (Å²) < 4.78 is 15.2. The lowest BCUT2D eigenvalue weighted by Crippen LogP contribution is -2.12. The number of carbonyl (C=O) groups excluding carboxylic acids is 1. The minimum absolute atomic E-state index is 0.200. The van der Waals surface area contributed by atoms with Gasteiger partial charge in [-0.15, -0.1) is 0 Å². The third-order valence-electron chi connectivity index (χ3n) is 3.99. The standard InChI is InChI=1S/C19H15BrN2O3S/c1-3-24-14-6-4-5-11-9-15(25-17(11)14)18(23)21-19-22(2)13-8-7-12(20)10-16(13)26-19/h4-10H,3H2,1-2H3. The highest BCUT2D eigenvalue weighted by molar-refractivity contribution is 9.10. The van der Waals surface area contributed by atoms with Crippen molar-refractivity contribution < 1.29 is 13.9 Å². The van der Waals surface area contributed by atoms with Crippen LogP contribution in [0.2, 0.25) is 0 Å². The summed E-state index contributed by atoms with van der Waals surface area (Å²) in [5, 5.41) is 0.819. The maximum atomic E-state index is 12.6. The molecule has 0 aliphatic carbocycles. The van der Waals surface area contributed by atoms with Crippen LogP contribution in [0, 0.1) is 0 Å². The summed E-state index contributed by atoms with van der Waals surface area (Å²) in [6.45, 7) is 2.43. The smallest absolute Gasteiger partial charge is 0.315 e. The Morgan fingerprint density at radius 3 is 2.96 bits per heavy atom. The third kappa shape index (κ3) is 2.97. The van der Waals surface area contributed by atoms with Crippen molar-refractivity contribution in [3.63, 3.8) is 0 Å². The first kappa shape index (κ1) is 17.1. The molecule has 4 aromatic rings. The van der Waals surface area contributed by atoms with Crippen LogP contribution in [0.25, 0.3) is 21.2 Å². The van der Waals surface area contributed by atoms with E-state index in [0.29, 0.717) is 22.7 Å². The van der Waals surface area contributed by atoms with Crippen molar-refractivity contribution >= 4 is 54.4 Å². The van der Waals surface area contributed by atoms with E-state index in [9.17, 15) is 4.79 Å². The first-order chi connectivity index (χ1) is 12.6. The van der Waals surface area contributed by atoms with E-state index in [0.717, 1.165) is 20.1 Å². The zero-order valence-electron chi connectivity index (χ0n) is 14.2. The fourth-order valence-electron chi connectivity index (χ4n) is 2.77. The molecule has 1 amide bonds. The number of para-hydroxylation sites is 1. The lowest BCUT2D eigenvalue weighted by molar-refractivity contribution is 0.0973. The van der Waals surface area contributed by atoms with Crippen LogP contribution in [0.15, 0.2) is 56.3 Å². The summed E-state index contributed by atoms with van der Waals surface area (Å²) >= 11 is 4.92. The summed E-state index contributed by atoms with van der Waals surface area (Å²) in [4.78, 5) is 17.5. The molecule has 0 bridgehead atoms. The first-order valence-electron chi connectivity index (χ1n) is 8.06. The van der Waals surface area contributed by atoms with E-state index in [1.165, 1.54) is 11.3 Å².